The van der Waals surface area contributed by atoms with Crippen LogP contribution in [0.4, 0.5) is 13.2 Å². The van der Waals surface area contributed by atoms with Crippen LogP contribution in [0.5, 0.6) is 0 Å². The van der Waals surface area contributed by atoms with Gasteiger partial charge in [-0.3, -0.25) is 15.1 Å². The molecule has 0 atom stereocenters. The summed E-state index contributed by atoms with van der Waals surface area (Å²) in [5.41, 5.74) is 1.86. The predicted octanol–water partition coefficient (Wildman–Crippen LogP) is 1.78. The van der Waals surface area contributed by atoms with Gasteiger partial charge in [0.15, 0.2) is 5.84 Å². The van der Waals surface area contributed by atoms with E-state index in [1.165, 1.54) is 11.8 Å². The zero-order valence-electron chi connectivity index (χ0n) is 11.8. The highest BCUT2D eigenvalue weighted by Crippen LogP contribution is 2.14. The number of amidine groups is 1. The van der Waals surface area contributed by atoms with Gasteiger partial charge in [-0.05, 0) is 6.92 Å². The highest BCUT2D eigenvalue weighted by Gasteiger charge is 2.27. The Bertz CT molecular complexity index is 518. The predicted molar refractivity (Wildman–Crippen MR) is 77.7 cm³/mol. The fourth-order valence-corrected chi connectivity index (χ4v) is 2.31. The molecule has 0 spiro atoms. The van der Waals surface area contributed by atoms with E-state index in [-0.39, 0.29) is 5.84 Å². The molecule has 124 valence electrons. The average molecular weight is 339 g/mol. The second-order valence-electron chi connectivity index (χ2n) is 4.32. The number of nitro groups is 1. The molecule has 0 unspecified atom stereocenters. The number of H-pyrrole nitrogens is 1. The van der Waals surface area contributed by atoms with Crippen LogP contribution in [-0.2, 0) is 5.75 Å². The normalized spacial score (nSPS) is 12.5. The van der Waals surface area contributed by atoms with E-state index in [2.05, 4.69) is 20.3 Å². The summed E-state index contributed by atoms with van der Waals surface area (Å²) in [4.78, 5) is 19.9. The minimum absolute atomic E-state index is 0.265. The van der Waals surface area contributed by atoms with Gasteiger partial charge in [0.1, 0.15) is 6.54 Å². The smallest absolute Gasteiger partial charge is 0.368 e. The first kappa shape index (κ1) is 18.3. The average Bonchev–Trinajstić information content (AvgIpc) is 2.79. The molecule has 0 radical (unpaired) electrons. The van der Waals surface area contributed by atoms with Crippen molar-refractivity contribution in [1.29, 1.82) is 0 Å². The molecule has 1 aromatic heterocycles. The van der Waals surface area contributed by atoms with E-state index in [0.717, 1.165) is 11.4 Å². The Morgan fingerprint density at radius 3 is 2.86 bits per heavy atom. The minimum atomic E-state index is -4.48. The lowest BCUT2D eigenvalue weighted by Gasteiger charge is -2.08. The lowest BCUT2D eigenvalue weighted by Crippen LogP contribution is -2.33. The third-order valence-electron chi connectivity index (χ3n) is 2.48. The van der Waals surface area contributed by atoms with Crippen LogP contribution in [0.15, 0.2) is 11.3 Å². The Kier molecular flexibility index (Phi) is 7.15. The Morgan fingerprint density at radius 2 is 2.32 bits per heavy atom. The zero-order chi connectivity index (χ0) is 16.6. The van der Waals surface area contributed by atoms with Gasteiger partial charge in [-0.1, -0.05) is 0 Å². The van der Waals surface area contributed by atoms with Gasteiger partial charge in [0.2, 0.25) is 0 Å². The summed E-state index contributed by atoms with van der Waals surface area (Å²) in [7, 11) is 0. The summed E-state index contributed by atoms with van der Waals surface area (Å²) in [6, 6.07) is 0. The van der Waals surface area contributed by atoms with Gasteiger partial charge in [0.05, 0.1) is 12.0 Å². The van der Waals surface area contributed by atoms with Crippen molar-refractivity contribution >= 4 is 17.6 Å². The van der Waals surface area contributed by atoms with E-state index in [1.807, 2.05) is 6.92 Å². The molecule has 11 heteroatoms. The molecular weight excluding hydrogens is 323 g/mol. The zero-order valence-corrected chi connectivity index (χ0v) is 12.6. The highest BCUT2D eigenvalue weighted by atomic mass is 32.2. The van der Waals surface area contributed by atoms with Crippen molar-refractivity contribution in [2.75, 3.05) is 25.4 Å². The number of rotatable bonds is 8. The number of aromatic amines is 1. The van der Waals surface area contributed by atoms with E-state index in [9.17, 15) is 23.3 Å². The maximum absolute atomic E-state index is 12.1. The van der Waals surface area contributed by atoms with Crippen LogP contribution in [0.1, 0.15) is 11.4 Å². The van der Waals surface area contributed by atoms with Gasteiger partial charge in [0.25, 0.3) is 6.54 Å². The lowest BCUT2D eigenvalue weighted by molar-refractivity contribution is -0.463. The maximum atomic E-state index is 12.1. The van der Waals surface area contributed by atoms with Crippen molar-refractivity contribution in [2.45, 2.75) is 18.9 Å². The molecule has 0 fully saturated rings. The Morgan fingerprint density at radius 1 is 1.59 bits per heavy atom. The number of thioether (sulfide) groups is 1. The number of aromatic nitrogens is 2. The molecule has 0 amide bonds. The molecular formula is C11H16F3N5O2S. The van der Waals surface area contributed by atoms with Crippen molar-refractivity contribution in [3.05, 3.63) is 27.8 Å². The van der Waals surface area contributed by atoms with Crippen molar-refractivity contribution < 1.29 is 18.1 Å². The SMILES string of the molecule is Cc1[nH]cnc1CSCCNC(C[N+](=O)[O-])=NCC(F)(F)F. The summed E-state index contributed by atoms with van der Waals surface area (Å²) in [6.07, 6.45) is -2.89. The second kappa shape index (κ2) is 8.61. The summed E-state index contributed by atoms with van der Waals surface area (Å²) in [5.74, 6) is 0.954. The summed E-state index contributed by atoms with van der Waals surface area (Å²) >= 11 is 1.52. The molecule has 0 aliphatic carbocycles. The fraction of sp³-hybridized carbons (Fsp3) is 0.636. The van der Waals surface area contributed by atoms with Crippen LogP contribution < -0.4 is 5.32 Å². The number of aryl methyl sites for hydroxylation is 1. The first-order chi connectivity index (χ1) is 10.3. The number of halogens is 3. The topological polar surface area (TPSA) is 96.2 Å². The van der Waals surface area contributed by atoms with E-state index in [4.69, 9.17) is 0 Å². The van der Waals surface area contributed by atoms with Crippen molar-refractivity contribution in [1.82, 2.24) is 15.3 Å². The highest BCUT2D eigenvalue weighted by molar-refractivity contribution is 7.98. The number of alkyl halides is 3. The van der Waals surface area contributed by atoms with Gasteiger partial charge in [0, 0.05) is 28.7 Å². The molecule has 1 heterocycles. The maximum Gasteiger partial charge on any atom is 0.408 e. The fourth-order valence-electron chi connectivity index (χ4n) is 1.44. The minimum Gasteiger partial charge on any atom is -0.368 e. The summed E-state index contributed by atoms with van der Waals surface area (Å²) in [5, 5.41) is 13.0. The van der Waals surface area contributed by atoms with Crippen LogP contribution in [0, 0.1) is 17.0 Å². The Balaban J connectivity index is 2.33. The largest absolute Gasteiger partial charge is 0.408 e. The van der Waals surface area contributed by atoms with Gasteiger partial charge in [-0.25, -0.2) is 4.98 Å². The van der Waals surface area contributed by atoms with Crippen molar-refractivity contribution in [3.63, 3.8) is 0 Å². The van der Waals surface area contributed by atoms with Crippen molar-refractivity contribution in [2.24, 2.45) is 4.99 Å². The molecule has 0 saturated carbocycles. The van der Waals surface area contributed by atoms with E-state index in [1.54, 1.807) is 6.33 Å². The third kappa shape index (κ3) is 7.86. The first-order valence-corrected chi connectivity index (χ1v) is 7.45. The van der Waals surface area contributed by atoms with E-state index >= 15 is 0 Å². The van der Waals surface area contributed by atoms with Crippen LogP contribution in [0.25, 0.3) is 0 Å². The molecule has 0 saturated heterocycles. The van der Waals surface area contributed by atoms with Gasteiger partial charge in [-0.15, -0.1) is 0 Å². The molecule has 0 aromatic carbocycles. The molecule has 0 bridgehead atoms. The van der Waals surface area contributed by atoms with Gasteiger partial charge in [-0.2, -0.15) is 24.9 Å². The monoisotopic (exact) mass is 339 g/mol. The number of nitrogens with zero attached hydrogens (tertiary/aromatic N) is 3. The molecule has 1 rings (SSSR count). The number of imidazole rings is 1. The summed E-state index contributed by atoms with van der Waals surface area (Å²) in [6.45, 7) is 0.000790. The number of hydrogen-bond donors (Lipinski definition) is 2. The van der Waals surface area contributed by atoms with Crippen LogP contribution in [-0.4, -0.2) is 52.3 Å². The number of aliphatic imine (C=N–C) groups is 1. The van der Waals surface area contributed by atoms with Crippen LogP contribution >= 0.6 is 11.8 Å². The Hall–Kier alpha value is -1.78. The van der Waals surface area contributed by atoms with Crippen LogP contribution in [0.2, 0.25) is 0 Å². The molecule has 0 aliphatic rings. The van der Waals surface area contributed by atoms with Crippen molar-refractivity contribution in [3.8, 4) is 0 Å². The first-order valence-electron chi connectivity index (χ1n) is 6.30. The second-order valence-corrected chi connectivity index (χ2v) is 5.43. The Labute approximate surface area is 128 Å². The molecule has 1 aromatic rings. The summed E-state index contributed by atoms with van der Waals surface area (Å²) < 4.78 is 36.2. The molecule has 7 nitrogen and oxygen atoms in total. The molecule has 22 heavy (non-hydrogen) atoms. The number of hydrogen-bond acceptors (Lipinski definition) is 5. The van der Waals surface area contributed by atoms with Crippen LogP contribution in [0.3, 0.4) is 0 Å². The quantitative estimate of drug-likeness (QED) is 0.247. The standard InChI is InChI=1S/C11H16F3N5O2S/c1-8-9(18-7-17-8)5-22-3-2-15-10(4-19(20)21)16-6-11(12,13)14/h7H,2-6H2,1H3,(H,15,16)(H,17,18). The molecule has 2 N–H and O–H groups in total. The lowest BCUT2D eigenvalue weighted by atomic mass is 10.4. The van der Waals surface area contributed by atoms with E-state index < -0.39 is 24.2 Å². The molecule has 0 aliphatic heterocycles. The van der Waals surface area contributed by atoms with E-state index in [0.29, 0.717) is 18.1 Å². The van der Waals surface area contributed by atoms with Gasteiger partial charge < -0.3 is 10.3 Å². The number of nitrogens with one attached hydrogen (secondary N) is 2. The van der Waals surface area contributed by atoms with Gasteiger partial charge >= 0.3 is 6.18 Å². The third-order valence-corrected chi connectivity index (χ3v) is 3.45.